The molecule has 0 radical (unpaired) electrons. The van der Waals surface area contributed by atoms with Crippen LogP contribution in [-0.2, 0) is 11.2 Å². The molecule has 0 unspecified atom stereocenters. The van der Waals surface area contributed by atoms with E-state index in [1.165, 1.54) is 11.8 Å². The zero-order valence-electron chi connectivity index (χ0n) is 14.3. The average molecular weight is 398 g/mol. The summed E-state index contributed by atoms with van der Waals surface area (Å²) in [4.78, 5) is 12.3. The Morgan fingerprint density at radius 3 is 2.68 bits per heavy atom. The van der Waals surface area contributed by atoms with Crippen molar-refractivity contribution >= 4 is 27.5 Å². The summed E-state index contributed by atoms with van der Waals surface area (Å²) in [5.74, 6) is -0.412. The molecule has 2 rings (SSSR count). The fourth-order valence-corrected chi connectivity index (χ4v) is 2.79. The minimum Gasteiger partial charge on any atom is -0.389 e. The van der Waals surface area contributed by atoms with E-state index >= 15 is 0 Å². The lowest BCUT2D eigenvalue weighted by Gasteiger charge is -2.10. The summed E-state index contributed by atoms with van der Waals surface area (Å²) in [5, 5.41) is 15.1. The summed E-state index contributed by atoms with van der Waals surface area (Å²) >= 11 is 3.50. The predicted molar refractivity (Wildman–Crippen MR) is 104 cm³/mol. The molecule has 2 aromatic rings. The van der Waals surface area contributed by atoms with Gasteiger partial charge in [0.05, 0.1) is 0 Å². The number of carbonyl (C=O) groups is 1. The van der Waals surface area contributed by atoms with Crippen molar-refractivity contribution in [1.29, 1.82) is 5.26 Å². The lowest BCUT2D eigenvalue weighted by molar-refractivity contribution is -0.112. The van der Waals surface area contributed by atoms with Gasteiger partial charge >= 0.3 is 0 Å². The predicted octanol–water partition coefficient (Wildman–Crippen LogP) is 4.24. The van der Waals surface area contributed by atoms with Gasteiger partial charge in [0.15, 0.2) is 0 Å². The second-order valence-corrected chi connectivity index (χ2v) is 6.52. The number of hydrogen-bond donors (Lipinski definition) is 2. The Bertz CT molecular complexity index is 837. The van der Waals surface area contributed by atoms with Crippen LogP contribution in [0.4, 0.5) is 5.69 Å². The molecule has 2 aromatic carbocycles. The smallest absolute Gasteiger partial charge is 0.267 e. The van der Waals surface area contributed by atoms with Crippen LogP contribution in [0.3, 0.4) is 0 Å². The molecule has 128 valence electrons. The van der Waals surface area contributed by atoms with Gasteiger partial charge in [-0.15, -0.1) is 0 Å². The molecule has 1 amide bonds. The molecule has 25 heavy (non-hydrogen) atoms. The summed E-state index contributed by atoms with van der Waals surface area (Å²) in [5.41, 5.74) is 4.02. The molecular formula is C20H20BrN3O. The average Bonchev–Trinajstić information content (AvgIpc) is 2.60. The third-order valence-corrected chi connectivity index (χ3v) is 4.73. The number of benzene rings is 2. The number of nitrogens with zero attached hydrogens (tertiary/aromatic N) is 1. The highest BCUT2D eigenvalue weighted by Crippen LogP contribution is 2.18. The fourth-order valence-electron chi connectivity index (χ4n) is 2.31. The zero-order valence-corrected chi connectivity index (χ0v) is 15.9. The van der Waals surface area contributed by atoms with Crippen molar-refractivity contribution in [3.05, 3.63) is 75.4 Å². The van der Waals surface area contributed by atoms with Crippen molar-refractivity contribution in [2.24, 2.45) is 0 Å². The molecule has 0 heterocycles. The number of carbonyl (C=O) groups excluding carboxylic acids is 1. The molecule has 0 spiro atoms. The van der Waals surface area contributed by atoms with E-state index in [1.54, 1.807) is 0 Å². The quantitative estimate of drug-likeness (QED) is 0.435. The molecule has 0 aliphatic rings. The van der Waals surface area contributed by atoms with Gasteiger partial charge in [0.1, 0.15) is 11.6 Å². The van der Waals surface area contributed by atoms with Crippen LogP contribution in [0.2, 0.25) is 0 Å². The Balaban J connectivity index is 1.95. The van der Waals surface area contributed by atoms with Crippen LogP contribution in [0.1, 0.15) is 16.7 Å². The van der Waals surface area contributed by atoms with E-state index in [9.17, 15) is 10.1 Å². The number of nitriles is 1. The Morgan fingerprint density at radius 2 is 1.96 bits per heavy atom. The number of nitrogens with one attached hydrogen (secondary N) is 2. The minimum atomic E-state index is -0.412. The van der Waals surface area contributed by atoms with Gasteiger partial charge in [0.2, 0.25) is 0 Å². The maximum absolute atomic E-state index is 12.3. The topological polar surface area (TPSA) is 64.9 Å². The van der Waals surface area contributed by atoms with Crippen molar-refractivity contribution < 1.29 is 4.79 Å². The Hall–Kier alpha value is -2.58. The third kappa shape index (κ3) is 5.20. The molecular weight excluding hydrogens is 378 g/mol. The maximum Gasteiger partial charge on any atom is 0.267 e. The third-order valence-electron chi connectivity index (χ3n) is 3.96. The first kappa shape index (κ1) is 18.8. The monoisotopic (exact) mass is 397 g/mol. The maximum atomic E-state index is 12.3. The van der Waals surface area contributed by atoms with E-state index in [1.807, 2.05) is 62.4 Å². The van der Waals surface area contributed by atoms with Gasteiger partial charge in [0, 0.05) is 22.9 Å². The van der Waals surface area contributed by atoms with Gasteiger partial charge < -0.3 is 10.6 Å². The number of amides is 1. The summed E-state index contributed by atoms with van der Waals surface area (Å²) in [6, 6.07) is 15.6. The first-order chi connectivity index (χ1) is 12.0. The van der Waals surface area contributed by atoms with Gasteiger partial charge in [-0.1, -0.05) is 46.3 Å². The molecule has 0 aliphatic heterocycles. The van der Waals surface area contributed by atoms with Crippen LogP contribution in [0, 0.1) is 25.2 Å². The summed E-state index contributed by atoms with van der Waals surface area (Å²) in [6.07, 6.45) is 2.26. The number of aryl methyl sites for hydroxylation is 1. The highest BCUT2D eigenvalue weighted by molar-refractivity contribution is 9.10. The van der Waals surface area contributed by atoms with Crippen molar-refractivity contribution in [3.63, 3.8) is 0 Å². The Labute approximate surface area is 156 Å². The van der Waals surface area contributed by atoms with Crippen LogP contribution in [-0.4, -0.2) is 12.5 Å². The summed E-state index contributed by atoms with van der Waals surface area (Å²) in [6.45, 7) is 4.55. The van der Waals surface area contributed by atoms with Crippen LogP contribution in [0.25, 0.3) is 0 Å². The second kappa shape index (κ2) is 9.05. The Kier molecular flexibility index (Phi) is 6.79. The van der Waals surface area contributed by atoms with Gasteiger partial charge in [0.25, 0.3) is 5.91 Å². The highest BCUT2D eigenvalue weighted by Gasteiger charge is 2.11. The molecule has 0 fully saturated rings. The number of rotatable bonds is 6. The molecule has 0 saturated carbocycles. The molecule has 0 saturated heterocycles. The van der Waals surface area contributed by atoms with Gasteiger partial charge in [-0.2, -0.15) is 5.26 Å². The van der Waals surface area contributed by atoms with Crippen LogP contribution >= 0.6 is 15.9 Å². The molecule has 4 nitrogen and oxygen atoms in total. The van der Waals surface area contributed by atoms with Crippen molar-refractivity contribution in [2.45, 2.75) is 20.3 Å². The second-order valence-electron chi connectivity index (χ2n) is 5.67. The van der Waals surface area contributed by atoms with Gasteiger partial charge in [-0.05, 0) is 49.1 Å². The summed E-state index contributed by atoms with van der Waals surface area (Å²) < 4.78 is 1.05. The first-order valence-corrected chi connectivity index (χ1v) is 8.77. The molecule has 2 N–H and O–H groups in total. The zero-order chi connectivity index (χ0) is 18.2. The summed E-state index contributed by atoms with van der Waals surface area (Å²) in [7, 11) is 0. The molecule has 0 aromatic heterocycles. The van der Waals surface area contributed by atoms with Crippen molar-refractivity contribution in [2.75, 3.05) is 11.9 Å². The first-order valence-electron chi connectivity index (χ1n) is 7.97. The van der Waals surface area contributed by atoms with E-state index in [0.717, 1.165) is 27.7 Å². The molecule has 0 atom stereocenters. The van der Waals surface area contributed by atoms with Crippen molar-refractivity contribution in [1.82, 2.24) is 5.32 Å². The van der Waals surface area contributed by atoms with E-state index in [4.69, 9.17) is 0 Å². The molecule has 0 aliphatic carbocycles. The van der Waals surface area contributed by atoms with E-state index < -0.39 is 5.91 Å². The van der Waals surface area contributed by atoms with Crippen LogP contribution in [0.15, 0.2) is 58.7 Å². The Morgan fingerprint density at radius 1 is 1.20 bits per heavy atom. The van der Waals surface area contributed by atoms with E-state index in [2.05, 4.69) is 26.6 Å². The largest absolute Gasteiger partial charge is 0.389 e. The fraction of sp³-hybridized carbons (Fsp3) is 0.200. The van der Waals surface area contributed by atoms with E-state index in [0.29, 0.717) is 6.54 Å². The normalized spacial score (nSPS) is 10.9. The standard InChI is InChI=1S/C20H20BrN3O/c1-14-6-5-9-19(15(14)2)24-20(25)17(12-22)13-23-11-10-16-7-3-4-8-18(16)21/h3-9,13,23H,10-11H2,1-2H3,(H,24,25)/b17-13-. The number of anilines is 1. The van der Waals surface area contributed by atoms with Crippen LogP contribution in [0.5, 0.6) is 0 Å². The lowest BCUT2D eigenvalue weighted by Crippen LogP contribution is -2.18. The van der Waals surface area contributed by atoms with Gasteiger partial charge in [-0.3, -0.25) is 4.79 Å². The van der Waals surface area contributed by atoms with Crippen molar-refractivity contribution in [3.8, 4) is 6.07 Å². The molecule has 0 bridgehead atoms. The highest BCUT2D eigenvalue weighted by atomic mass is 79.9. The lowest BCUT2D eigenvalue weighted by atomic mass is 10.1. The number of hydrogen-bond acceptors (Lipinski definition) is 3. The van der Waals surface area contributed by atoms with E-state index in [-0.39, 0.29) is 5.57 Å². The SMILES string of the molecule is Cc1cccc(NC(=O)/C(C#N)=C\NCCc2ccccc2Br)c1C. The number of halogens is 1. The van der Waals surface area contributed by atoms with Crippen LogP contribution < -0.4 is 10.6 Å². The minimum absolute atomic E-state index is 0.0491. The molecule has 5 heteroatoms. The van der Waals surface area contributed by atoms with Gasteiger partial charge in [-0.25, -0.2) is 0 Å².